The minimum Gasteiger partial charge on any atom is -0.474 e. The monoisotopic (exact) mass is 256 g/mol. The lowest BCUT2D eigenvalue weighted by Gasteiger charge is -2.04. The van der Waals surface area contributed by atoms with Crippen molar-refractivity contribution in [2.75, 3.05) is 5.32 Å². The molecule has 0 saturated carbocycles. The van der Waals surface area contributed by atoms with Crippen molar-refractivity contribution < 1.29 is 18.6 Å². The molecule has 0 atom stereocenters. The highest BCUT2D eigenvalue weighted by Crippen LogP contribution is 2.25. The summed E-state index contributed by atoms with van der Waals surface area (Å²) in [4.78, 5) is 25.2. The maximum absolute atomic E-state index is 12.5. The van der Waals surface area contributed by atoms with Gasteiger partial charge in [-0.2, -0.15) is 9.19 Å². The summed E-state index contributed by atoms with van der Waals surface area (Å²) in [5, 5.41) is 14.7. The molecule has 2 heterocycles. The Kier molecular flexibility index (Phi) is 2.91. The number of fused-ring (bicyclic) bond motifs is 1. The summed E-state index contributed by atoms with van der Waals surface area (Å²) < 4.78 is 13.4. The highest BCUT2D eigenvalue weighted by atomic mass is 32.2. The van der Waals surface area contributed by atoms with Gasteiger partial charge in [0.1, 0.15) is 5.52 Å². The average Bonchev–Trinajstić information content (AvgIpc) is 2.72. The molecule has 0 fully saturated rings. The first kappa shape index (κ1) is 11.3. The van der Waals surface area contributed by atoms with Crippen molar-refractivity contribution in [2.45, 2.75) is 0 Å². The quantitative estimate of drug-likeness (QED) is 0.772. The van der Waals surface area contributed by atoms with Gasteiger partial charge < -0.3 is 10.4 Å². The van der Waals surface area contributed by atoms with Gasteiger partial charge >= 0.3 is 11.9 Å². The molecule has 7 nitrogen and oxygen atoms in total. The number of anilines is 1. The van der Waals surface area contributed by atoms with Crippen LogP contribution in [0.4, 0.5) is 9.57 Å². The van der Waals surface area contributed by atoms with Crippen molar-refractivity contribution in [3.63, 3.8) is 0 Å². The molecule has 0 aliphatic heterocycles. The number of rotatable bonds is 2. The fraction of sp³-hybridized carbons (Fsp3) is 0. The Morgan fingerprint density at radius 3 is 2.82 bits per heavy atom. The van der Waals surface area contributed by atoms with E-state index in [-0.39, 0.29) is 23.5 Å². The number of carbonyl (C=O) groups excluding carboxylic acids is 1. The van der Waals surface area contributed by atoms with E-state index in [1.54, 1.807) is 0 Å². The zero-order valence-corrected chi connectivity index (χ0v) is 8.94. The lowest BCUT2D eigenvalue weighted by Crippen LogP contribution is -2.22. The number of aromatic nitrogens is 3. The van der Waals surface area contributed by atoms with Crippen LogP contribution < -0.4 is 5.32 Å². The number of nitrogens with one attached hydrogen (secondary N) is 1. The first-order valence-corrected chi connectivity index (χ1v) is 4.96. The fourth-order valence-electron chi connectivity index (χ4n) is 1.27. The van der Waals surface area contributed by atoms with Crippen molar-refractivity contribution in [3.05, 3.63) is 18.6 Å². The number of halogens is 1. The van der Waals surface area contributed by atoms with Crippen LogP contribution in [0.3, 0.4) is 0 Å². The first-order chi connectivity index (χ1) is 8.13. The molecule has 0 unspecified atom stereocenters. The number of carbonyl (C=O) groups is 2. The number of carboxylic acid groups (broad SMARTS) is 1. The highest BCUT2D eigenvalue weighted by molar-refractivity contribution is 7.92. The smallest absolute Gasteiger partial charge is 0.394 e. The van der Waals surface area contributed by atoms with Gasteiger partial charge in [-0.3, -0.25) is 9.78 Å². The van der Waals surface area contributed by atoms with Crippen LogP contribution in [0.1, 0.15) is 0 Å². The van der Waals surface area contributed by atoms with E-state index in [9.17, 15) is 13.5 Å². The van der Waals surface area contributed by atoms with Gasteiger partial charge in [0.2, 0.25) is 0 Å². The summed E-state index contributed by atoms with van der Waals surface area (Å²) in [7, 11) is 0. The van der Waals surface area contributed by atoms with Gasteiger partial charge in [0.15, 0.2) is 12.3 Å². The summed E-state index contributed by atoms with van der Waals surface area (Å²) in [6, 6.07) is 0. The van der Waals surface area contributed by atoms with Crippen LogP contribution >= 0.6 is 12.3 Å². The largest absolute Gasteiger partial charge is 0.474 e. The average molecular weight is 256 g/mol. The number of hydrogen-bond acceptors (Lipinski definition) is 5. The zero-order chi connectivity index (χ0) is 12.4. The summed E-state index contributed by atoms with van der Waals surface area (Å²) in [6.07, 6.45) is 3.99. The van der Waals surface area contributed by atoms with Crippen LogP contribution in [-0.2, 0) is 9.59 Å². The van der Waals surface area contributed by atoms with Gasteiger partial charge in [0, 0.05) is 11.6 Å². The third-order valence-corrected chi connectivity index (χ3v) is 2.35. The molecule has 0 saturated heterocycles. The van der Waals surface area contributed by atoms with E-state index in [4.69, 9.17) is 5.11 Å². The SMILES string of the molecule is O=C(O)C(=O)Nc1cncc2cnn(SF)c12. The number of pyridine rings is 1. The fourth-order valence-corrected chi connectivity index (χ4v) is 1.63. The van der Waals surface area contributed by atoms with Gasteiger partial charge in [0.25, 0.3) is 0 Å². The number of carboxylic acids is 1. The van der Waals surface area contributed by atoms with Gasteiger partial charge in [-0.05, 0) is 0 Å². The van der Waals surface area contributed by atoms with Gasteiger partial charge in [0.05, 0.1) is 18.1 Å². The Labute approximate surface area is 98.1 Å². The Morgan fingerprint density at radius 2 is 2.18 bits per heavy atom. The van der Waals surface area contributed by atoms with E-state index < -0.39 is 11.9 Å². The van der Waals surface area contributed by atoms with Crippen molar-refractivity contribution in [1.29, 1.82) is 0 Å². The van der Waals surface area contributed by atoms with Gasteiger partial charge in [-0.1, -0.05) is 0 Å². The molecule has 0 aliphatic carbocycles. The maximum Gasteiger partial charge on any atom is 0.394 e. The van der Waals surface area contributed by atoms with Crippen LogP contribution in [-0.4, -0.2) is 31.2 Å². The lowest BCUT2D eigenvalue weighted by molar-refractivity contribution is -0.147. The minimum atomic E-state index is -1.64. The Bertz CT molecular complexity index is 599. The van der Waals surface area contributed by atoms with E-state index in [1.807, 2.05) is 0 Å². The van der Waals surface area contributed by atoms with Crippen molar-refractivity contribution in [3.8, 4) is 0 Å². The molecule has 0 bridgehead atoms. The van der Waals surface area contributed by atoms with E-state index in [0.717, 1.165) is 4.09 Å². The van der Waals surface area contributed by atoms with Crippen LogP contribution in [0.15, 0.2) is 18.6 Å². The van der Waals surface area contributed by atoms with Crippen LogP contribution in [0.5, 0.6) is 0 Å². The molecule has 0 aromatic carbocycles. The van der Waals surface area contributed by atoms with Crippen LogP contribution in [0.25, 0.3) is 10.9 Å². The number of aliphatic carboxylic acids is 1. The minimum absolute atomic E-state index is 0.0811. The Hall–Kier alpha value is -2.16. The molecule has 9 heteroatoms. The molecular formula is C8H5FN4O3S. The standard InChI is InChI=1S/C8H5FN4O3S/c9-17-13-6-4(2-11-13)1-10-3-5(6)12-7(14)8(15)16/h1-3H,(H,12,14)(H,15,16). The molecule has 1 amide bonds. The second-order valence-corrected chi connectivity index (χ2v) is 3.45. The lowest BCUT2D eigenvalue weighted by atomic mass is 10.3. The molecule has 2 aromatic heterocycles. The first-order valence-electron chi connectivity index (χ1n) is 4.28. The zero-order valence-electron chi connectivity index (χ0n) is 8.12. The molecule has 88 valence electrons. The maximum atomic E-state index is 12.5. The molecular weight excluding hydrogens is 251 g/mol. The molecule has 2 N–H and O–H groups in total. The number of amides is 1. The van der Waals surface area contributed by atoms with E-state index >= 15 is 0 Å². The van der Waals surface area contributed by atoms with Gasteiger partial charge in [-0.25, -0.2) is 4.79 Å². The summed E-state index contributed by atoms with van der Waals surface area (Å²) in [6.45, 7) is 0. The van der Waals surface area contributed by atoms with Gasteiger partial charge in [-0.15, -0.1) is 3.89 Å². The molecule has 0 spiro atoms. The van der Waals surface area contributed by atoms with E-state index in [2.05, 4.69) is 15.4 Å². The van der Waals surface area contributed by atoms with Crippen LogP contribution in [0, 0.1) is 0 Å². The molecule has 17 heavy (non-hydrogen) atoms. The van der Waals surface area contributed by atoms with E-state index in [0.29, 0.717) is 5.39 Å². The second kappa shape index (κ2) is 4.37. The Balaban J connectivity index is 2.49. The molecule has 2 rings (SSSR count). The summed E-state index contributed by atoms with van der Waals surface area (Å²) in [5.41, 5.74) is 0.333. The second-order valence-electron chi connectivity index (χ2n) is 2.97. The highest BCUT2D eigenvalue weighted by Gasteiger charge is 2.16. The predicted molar refractivity (Wildman–Crippen MR) is 57.9 cm³/mol. The van der Waals surface area contributed by atoms with E-state index in [1.165, 1.54) is 18.6 Å². The Morgan fingerprint density at radius 1 is 1.41 bits per heavy atom. The summed E-state index contributed by atoms with van der Waals surface area (Å²) in [5.74, 6) is -2.86. The third kappa shape index (κ3) is 2.04. The molecule has 2 aromatic rings. The molecule has 0 aliphatic rings. The number of nitrogens with zero attached hydrogens (tertiary/aromatic N) is 3. The van der Waals surface area contributed by atoms with Crippen molar-refractivity contribution >= 4 is 40.8 Å². The van der Waals surface area contributed by atoms with Crippen LogP contribution in [0.2, 0.25) is 0 Å². The molecule has 0 radical (unpaired) electrons. The van der Waals surface area contributed by atoms with Crippen molar-refractivity contribution in [1.82, 2.24) is 14.2 Å². The number of hydrogen-bond donors (Lipinski definition) is 2. The van der Waals surface area contributed by atoms with Crippen molar-refractivity contribution in [2.24, 2.45) is 0 Å². The topological polar surface area (TPSA) is 97.1 Å². The third-order valence-electron chi connectivity index (χ3n) is 1.95. The normalized spacial score (nSPS) is 10.4. The summed E-state index contributed by atoms with van der Waals surface area (Å²) >= 11 is -0.166. The predicted octanol–water partition coefficient (Wildman–Crippen LogP) is 0.835.